The van der Waals surface area contributed by atoms with E-state index in [0.29, 0.717) is 5.75 Å². The van der Waals surface area contributed by atoms with Crippen molar-refractivity contribution in [2.75, 3.05) is 5.32 Å². The SMILES string of the molecule is CC(C)(C)c1nsc(Nc2cccc(CS(=O)c3ccccc3)c2)n1. The highest BCUT2D eigenvalue weighted by Gasteiger charge is 2.19. The molecule has 3 aromatic rings. The Morgan fingerprint density at radius 2 is 1.84 bits per heavy atom. The van der Waals surface area contributed by atoms with Gasteiger partial charge in [0.05, 0.1) is 16.6 Å². The topological polar surface area (TPSA) is 54.9 Å². The Kier molecular flexibility index (Phi) is 5.30. The molecule has 0 saturated heterocycles. The standard InChI is InChI=1S/C19H21N3OS2/c1-19(2,3)17-21-18(24-22-17)20-15-9-7-8-14(12-15)13-25(23)16-10-5-4-6-11-16/h4-12H,13H2,1-3H3,(H,20,21,22). The van der Waals surface area contributed by atoms with Gasteiger partial charge in [-0.3, -0.25) is 4.21 Å². The monoisotopic (exact) mass is 371 g/mol. The first-order chi connectivity index (χ1) is 11.9. The van der Waals surface area contributed by atoms with Crippen molar-refractivity contribution in [2.24, 2.45) is 0 Å². The van der Waals surface area contributed by atoms with Crippen LogP contribution >= 0.6 is 11.5 Å². The molecule has 4 nitrogen and oxygen atoms in total. The second-order valence-corrected chi connectivity index (χ2v) is 9.00. The number of rotatable bonds is 5. The van der Waals surface area contributed by atoms with Gasteiger partial charge in [0.25, 0.3) is 0 Å². The van der Waals surface area contributed by atoms with E-state index in [1.54, 1.807) is 0 Å². The first-order valence-corrected chi connectivity index (χ1v) is 10.1. The average Bonchev–Trinajstić information content (AvgIpc) is 3.05. The Morgan fingerprint density at radius 1 is 1.08 bits per heavy atom. The van der Waals surface area contributed by atoms with E-state index in [0.717, 1.165) is 27.1 Å². The zero-order valence-electron chi connectivity index (χ0n) is 14.5. The van der Waals surface area contributed by atoms with E-state index in [-0.39, 0.29) is 5.41 Å². The summed E-state index contributed by atoms with van der Waals surface area (Å²) in [5.74, 6) is 1.32. The van der Waals surface area contributed by atoms with Crippen LogP contribution < -0.4 is 5.32 Å². The number of hydrogen-bond acceptors (Lipinski definition) is 5. The predicted molar refractivity (Wildman–Crippen MR) is 105 cm³/mol. The van der Waals surface area contributed by atoms with Gasteiger partial charge in [0.15, 0.2) is 0 Å². The van der Waals surface area contributed by atoms with Crippen LogP contribution in [0.1, 0.15) is 32.2 Å². The van der Waals surface area contributed by atoms with Crippen molar-refractivity contribution in [2.45, 2.75) is 36.8 Å². The molecular weight excluding hydrogens is 350 g/mol. The Bertz CT molecular complexity index is 870. The van der Waals surface area contributed by atoms with E-state index < -0.39 is 10.8 Å². The van der Waals surface area contributed by atoms with Gasteiger partial charge in [0.2, 0.25) is 5.13 Å². The van der Waals surface area contributed by atoms with Crippen molar-refractivity contribution >= 4 is 33.2 Å². The molecule has 0 fully saturated rings. The summed E-state index contributed by atoms with van der Waals surface area (Å²) in [6.45, 7) is 6.29. The van der Waals surface area contributed by atoms with Crippen molar-refractivity contribution in [3.8, 4) is 0 Å². The van der Waals surface area contributed by atoms with E-state index >= 15 is 0 Å². The largest absolute Gasteiger partial charge is 0.330 e. The summed E-state index contributed by atoms with van der Waals surface area (Å²) < 4.78 is 16.9. The van der Waals surface area contributed by atoms with Crippen LogP contribution in [-0.4, -0.2) is 13.6 Å². The molecule has 0 bridgehead atoms. The third kappa shape index (κ3) is 4.74. The molecule has 0 saturated carbocycles. The Hall–Kier alpha value is -2.05. The Balaban J connectivity index is 1.71. The summed E-state index contributed by atoms with van der Waals surface area (Å²) in [6.07, 6.45) is 0. The molecule has 25 heavy (non-hydrogen) atoms. The molecule has 1 unspecified atom stereocenters. The second kappa shape index (κ2) is 7.45. The third-order valence-electron chi connectivity index (χ3n) is 3.58. The van der Waals surface area contributed by atoms with Gasteiger partial charge < -0.3 is 5.32 Å². The number of nitrogens with one attached hydrogen (secondary N) is 1. The van der Waals surface area contributed by atoms with Crippen LogP contribution in [0.15, 0.2) is 59.5 Å². The van der Waals surface area contributed by atoms with Crippen LogP contribution in [0.3, 0.4) is 0 Å². The van der Waals surface area contributed by atoms with Crippen LogP contribution in [0.4, 0.5) is 10.8 Å². The van der Waals surface area contributed by atoms with E-state index in [1.807, 2.05) is 54.6 Å². The maximum atomic E-state index is 12.5. The molecule has 2 aromatic carbocycles. The third-order valence-corrected chi connectivity index (χ3v) is 5.60. The van der Waals surface area contributed by atoms with Crippen LogP contribution in [0, 0.1) is 0 Å². The summed E-state index contributed by atoms with van der Waals surface area (Å²) in [5, 5.41) is 4.07. The van der Waals surface area contributed by atoms with Gasteiger partial charge in [-0.2, -0.15) is 4.37 Å². The van der Waals surface area contributed by atoms with Crippen molar-refractivity contribution in [1.82, 2.24) is 9.36 Å². The maximum Gasteiger partial charge on any atom is 0.207 e. The normalized spacial score (nSPS) is 12.8. The highest BCUT2D eigenvalue weighted by atomic mass is 32.2. The summed E-state index contributed by atoms with van der Waals surface area (Å²) in [6, 6.07) is 17.5. The van der Waals surface area contributed by atoms with Crippen LogP contribution in [-0.2, 0) is 22.0 Å². The summed E-state index contributed by atoms with van der Waals surface area (Å²) in [5.41, 5.74) is 1.89. The van der Waals surface area contributed by atoms with E-state index in [2.05, 4.69) is 35.4 Å². The molecule has 0 spiro atoms. The molecule has 6 heteroatoms. The fourth-order valence-corrected chi connectivity index (χ4v) is 4.14. The van der Waals surface area contributed by atoms with Crippen LogP contribution in [0.2, 0.25) is 0 Å². The summed E-state index contributed by atoms with van der Waals surface area (Å²) in [7, 11) is -1.05. The quantitative estimate of drug-likeness (QED) is 0.694. The first kappa shape index (κ1) is 17.8. The van der Waals surface area contributed by atoms with E-state index in [4.69, 9.17) is 0 Å². The van der Waals surface area contributed by atoms with Crippen LogP contribution in [0.5, 0.6) is 0 Å². The molecule has 0 aliphatic heterocycles. The number of benzene rings is 2. The molecule has 1 aromatic heterocycles. The lowest BCUT2D eigenvalue weighted by Crippen LogP contribution is -2.13. The number of anilines is 2. The van der Waals surface area contributed by atoms with Crippen molar-refractivity contribution in [3.63, 3.8) is 0 Å². The lowest BCUT2D eigenvalue weighted by molar-refractivity contribution is 0.555. The molecule has 1 heterocycles. The molecule has 0 amide bonds. The number of nitrogens with zero attached hydrogens (tertiary/aromatic N) is 2. The smallest absolute Gasteiger partial charge is 0.207 e. The molecule has 0 radical (unpaired) electrons. The molecule has 0 aliphatic rings. The highest BCUT2D eigenvalue weighted by molar-refractivity contribution is 7.84. The van der Waals surface area contributed by atoms with E-state index in [9.17, 15) is 4.21 Å². The maximum absolute atomic E-state index is 12.5. The Morgan fingerprint density at radius 3 is 2.52 bits per heavy atom. The average molecular weight is 372 g/mol. The lowest BCUT2D eigenvalue weighted by Gasteiger charge is -2.12. The molecular formula is C19H21N3OS2. The Labute approximate surface area is 155 Å². The second-order valence-electron chi connectivity index (χ2n) is 6.80. The van der Waals surface area contributed by atoms with Gasteiger partial charge in [-0.25, -0.2) is 4.98 Å². The molecule has 0 aliphatic carbocycles. The lowest BCUT2D eigenvalue weighted by atomic mass is 9.96. The highest BCUT2D eigenvalue weighted by Crippen LogP contribution is 2.25. The van der Waals surface area contributed by atoms with Gasteiger partial charge in [0, 0.05) is 27.5 Å². The van der Waals surface area contributed by atoms with Gasteiger partial charge in [-0.05, 0) is 29.8 Å². The molecule has 1 atom stereocenters. The molecule has 130 valence electrons. The number of hydrogen-bond donors (Lipinski definition) is 1. The minimum Gasteiger partial charge on any atom is -0.330 e. The van der Waals surface area contributed by atoms with Crippen molar-refractivity contribution in [3.05, 3.63) is 66.0 Å². The van der Waals surface area contributed by atoms with Gasteiger partial charge in [-0.15, -0.1) is 0 Å². The van der Waals surface area contributed by atoms with Crippen molar-refractivity contribution in [1.29, 1.82) is 0 Å². The molecule has 1 N–H and O–H groups in total. The minimum atomic E-state index is -1.05. The summed E-state index contributed by atoms with van der Waals surface area (Å²) >= 11 is 1.36. The first-order valence-electron chi connectivity index (χ1n) is 8.05. The predicted octanol–water partition coefficient (Wildman–Crippen LogP) is 4.89. The van der Waals surface area contributed by atoms with Crippen molar-refractivity contribution < 1.29 is 4.21 Å². The van der Waals surface area contributed by atoms with E-state index in [1.165, 1.54) is 11.5 Å². The summed E-state index contributed by atoms with van der Waals surface area (Å²) in [4.78, 5) is 5.40. The van der Waals surface area contributed by atoms with Gasteiger partial charge in [0.1, 0.15) is 5.82 Å². The number of aromatic nitrogens is 2. The zero-order chi connectivity index (χ0) is 17.9. The minimum absolute atomic E-state index is 0.0646. The fraction of sp³-hybridized carbons (Fsp3) is 0.263. The van der Waals surface area contributed by atoms with Crippen LogP contribution in [0.25, 0.3) is 0 Å². The van der Waals surface area contributed by atoms with Gasteiger partial charge in [-0.1, -0.05) is 51.1 Å². The molecule has 3 rings (SSSR count). The van der Waals surface area contributed by atoms with Gasteiger partial charge >= 0.3 is 0 Å². The zero-order valence-corrected chi connectivity index (χ0v) is 16.2. The fourth-order valence-electron chi connectivity index (χ4n) is 2.25.